The van der Waals surface area contributed by atoms with Crippen molar-refractivity contribution < 1.29 is 18.7 Å². The number of nitrogens with one attached hydrogen (secondary N) is 1. The molecule has 2 aromatic heterocycles. The smallest absolute Gasteiger partial charge is 0.417 e. The van der Waals surface area contributed by atoms with Crippen molar-refractivity contribution in [3.8, 4) is 5.88 Å². The van der Waals surface area contributed by atoms with Crippen molar-refractivity contribution in [1.29, 1.82) is 0 Å². The number of nitrogens with zero attached hydrogens (tertiary/aromatic N) is 3. The van der Waals surface area contributed by atoms with Gasteiger partial charge in [0.2, 0.25) is 5.88 Å². The second-order valence-corrected chi connectivity index (χ2v) is 11.1. The summed E-state index contributed by atoms with van der Waals surface area (Å²) >= 11 is 0. The maximum atomic E-state index is 13.2. The first-order valence-electron chi connectivity index (χ1n) is 13.6. The van der Waals surface area contributed by atoms with Crippen molar-refractivity contribution in [2.75, 3.05) is 39.4 Å². The van der Waals surface area contributed by atoms with E-state index >= 15 is 0 Å². The second-order valence-electron chi connectivity index (χ2n) is 11.1. The van der Waals surface area contributed by atoms with E-state index in [0.717, 1.165) is 56.3 Å². The summed E-state index contributed by atoms with van der Waals surface area (Å²) in [4.78, 5) is 36.3. The van der Waals surface area contributed by atoms with Crippen molar-refractivity contribution in [2.45, 2.75) is 37.7 Å². The molecule has 198 valence electrons. The van der Waals surface area contributed by atoms with Gasteiger partial charge in [0.25, 0.3) is 5.91 Å². The Morgan fingerprint density at radius 1 is 1.00 bits per heavy atom. The highest BCUT2D eigenvalue weighted by molar-refractivity contribution is 5.97. The molecule has 4 aliphatic rings. The minimum absolute atomic E-state index is 0.0195. The van der Waals surface area contributed by atoms with E-state index in [1.165, 1.54) is 18.4 Å². The molecule has 9 nitrogen and oxygen atoms in total. The molecule has 38 heavy (non-hydrogen) atoms. The SMILES string of the molecule is C=C(c1cnc(OC2CCOCC2)c(C2CC2)c1)N1C[C@@H]2CN(C(=O)c3ccc4[nH]c(=O)oc4c3)C[C@H]2C1. The molecule has 0 bridgehead atoms. The minimum atomic E-state index is -0.512. The number of carbonyl (C=O) groups excluding carboxylic acids is 1. The fourth-order valence-electron chi connectivity index (χ4n) is 6.19. The number of pyridine rings is 1. The molecule has 0 unspecified atom stereocenters. The van der Waals surface area contributed by atoms with Crippen LogP contribution in [0.5, 0.6) is 5.88 Å². The van der Waals surface area contributed by atoms with Crippen LogP contribution in [0.4, 0.5) is 0 Å². The van der Waals surface area contributed by atoms with Gasteiger partial charge >= 0.3 is 5.76 Å². The summed E-state index contributed by atoms with van der Waals surface area (Å²) < 4.78 is 16.9. The van der Waals surface area contributed by atoms with E-state index in [2.05, 4.69) is 22.5 Å². The van der Waals surface area contributed by atoms with Crippen LogP contribution >= 0.6 is 0 Å². The molecule has 5 heterocycles. The number of rotatable bonds is 6. The molecule has 3 aliphatic heterocycles. The largest absolute Gasteiger partial charge is 0.474 e. The molecule has 0 radical (unpaired) electrons. The fraction of sp³-hybridized carbons (Fsp3) is 0.483. The molecular weight excluding hydrogens is 484 g/mol. The first-order chi connectivity index (χ1) is 18.5. The minimum Gasteiger partial charge on any atom is -0.474 e. The van der Waals surface area contributed by atoms with Crippen LogP contribution < -0.4 is 10.5 Å². The van der Waals surface area contributed by atoms with Gasteiger partial charge in [-0.2, -0.15) is 0 Å². The fourth-order valence-corrected chi connectivity index (χ4v) is 6.19. The van der Waals surface area contributed by atoms with Gasteiger partial charge < -0.3 is 23.7 Å². The van der Waals surface area contributed by atoms with Crippen molar-refractivity contribution in [3.63, 3.8) is 0 Å². The Labute approximate surface area is 220 Å². The van der Waals surface area contributed by atoms with E-state index in [4.69, 9.17) is 18.9 Å². The molecule has 7 rings (SSSR count). The summed E-state index contributed by atoms with van der Waals surface area (Å²) in [6, 6.07) is 7.36. The quantitative estimate of drug-likeness (QED) is 0.534. The Morgan fingerprint density at radius 3 is 2.47 bits per heavy atom. The first kappa shape index (κ1) is 23.5. The van der Waals surface area contributed by atoms with Crippen molar-refractivity contribution in [3.05, 3.63) is 64.3 Å². The number of H-pyrrole nitrogens is 1. The van der Waals surface area contributed by atoms with Crippen LogP contribution in [0.2, 0.25) is 0 Å². The second kappa shape index (κ2) is 9.31. The highest BCUT2D eigenvalue weighted by Gasteiger charge is 2.42. The normalized spacial score (nSPS) is 23.7. The number of oxazole rings is 1. The molecule has 3 aromatic rings. The summed E-state index contributed by atoms with van der Waals surface area (Å²) in [7, 11) is 0. The van der Waals surface area contributed by atoms with E-state index in [0.29, 0.717) is 47.5 Å². The number of aromatic amines is 1. The molecule has 2 atom stereocenters. The topological polar surface area (TPSA) is 101 Å². The third kappa shape index (κ3) is 4.38. The number of likely N-dealkylation sites (tertiary alicyclic amines) is 2. The third-order valence-electron chi connectivity index (χ3n) is 8.50. The molecule has 1 amide bonds. The average Bonchev–Trinajstić information content (AvgIpc) is 3.41. The number of hydrogen-bond acceptors (Lipinski definition) is 7. The zero-order chi connectivity index (χ0) is 25.8. The van der Waals surface area contributed by atoms with Gasteiger partial charge in [0, 0.05) is 79.4 Å². The van der Waals surface area contributed by atoms with Crippen LogP contribution in [0.3, 0.4) is 0 Å². The maximum absolute atomic E-state index is 13.2. The molecule has 1 saturated carbocycles. The zero-order valence-electron chi connectivity index (χ0n) is 21.4. The molecule has 1 aliphatic carbocycles. The summed E-state index contributed by atoms with van der Waals surface area (Å²) in [5, 5.41) is 0. The van der Waals surface area contributed by atoms with Crippen LogP contribution in [0.1, 0.15) is 53.1 Å². The van der Waals surface area contributed by atoms with E-state index in [9.17, 15) is 9.59 Å². The van der Waals surface area contributed by atoms with E-state index in [-0.39, 0.29) is 12.0 Å². The monoisotopic (exact) mass is 516 g/mol. The predicted molar refractivity (Wildman–Crippen MR) is 141 cm³/mol. The van der Waals surface area contributed by atoms with E-state index < -0.39 is 5.76 Å². The maximum Gasteiger partial charge on any atom is 0.417 e. The van der Waals surface area contributed by atoms with Gasteiger partial charge in [-0.05, 0) is 43.0 Å². The Balaban J connectivity index is 1.01. The third-order valence-corrected chi connectivity index (χ3v) is 8.50. The van der Waals surface area contributed by atoms with Crippen LogP contribution in [0, 0.1) is 11.8 Å². The Kier molecular flexibility index (Phi) is 5.76. The Bertz CT molecular complexity index is 1440. The highest BCUT2D eigenvalue weighted by atomic mass is 16.5. The molecule has 3 saturated heterocycles. The summed E-state index contributed by atoms with van der Waals surface area (Å²) in [5.41, 5.74) is 4.81. The summed E-state index contributed by atoms with van der Waals surface area (Å²) in [5.74, 6) is 1.57. The number of carbonyl (C=O) groups is 1. The zero-order valence-corrected chi connectivity index (χ0v) is 21.4. The van der Waals surface area contributed by atoms with Crippen molar-refractivity contribution in [2.24, 2.45) is 11.8 Å². The molecule has 4 fully saturated rings. The van der Waals surface area contributed by atoms with Gasteiger partial charge in [0.15, 0.2) is 5.58 Å². The van der Waals surface area contributed by atoms with Crippen LogP contribution in [0.15, 0.2) is 46.3 Å². The number of benzene rings is 1. The van der Waals surface area contributed by atoms with Gasteiger partial charge in [-0.15, -0.1) is 0 Å². The van der Waals surface area contributed by atoms with Gasteiger partial charge in [0.1, 0.15) is 6.10 Å². The Morgan fingerprint density at radius 2 is 1.74 bits per heavy atom. The molecule has 1 aromatic carbocycles. The number of amides is 1. The molecule has 1 N–H and O–H groups in total. The predicted octanol–water partition coefficient (Wildman–Crippen LogP) is 3.63. The number of aromatic nitrogens is 2. The van der Waals surface area contributed by atoms with Crippen LogP contribution in [0.25, 0.3) is 16.8 Å². The number of fused-ring (bicyclic) bond motifs is 2. The lowest BCUT2D eigenvalue weighted by molar-refractivity contribution is 0.0233. The van der Waals surface area contributed by atoms with E-state index in [1.807, 2.05) is 11.1 Å². The van der Waals surface area contributed by atoms with Crippen LogP contribution in [-0.2, 0) is 4.74 Å². The molecular formula is C29H32N4O5. The van der Waals surface area contributed by atoms with Gasteiger partial charge in [-0.1, -0.05) is 6.58 Å². The van der Waals surface area contributed by atoms with Gasteiger partial charge in [-0.3, -0.25) is 9.78 Å². The van der Waals surface area contributed by atoms with Crippen molar-refractivity contribution >= 4 is 22.7 Å². The lowest BCUT2D eigenvalue weighted by atomic mass is 10.0. The van der Waals surface area contributed by atoms with Gasteiger partial charge in [-0.25, -0.2) is 9.78 Å². The van der Waals surface area contributed by atoms with Gasteiger partial charge in [0.05, 0.1) is 18.7 Å². The van der Waals surface area contributed by atoms with E-state index in [1.54, 1.807) is 18.2 Å². The van der Waals surface area contributed by atoms with Crippen LogP contribution in [-0.4, -0.2) is 71.2 Å². The highest BCUT2D eigenvalue weighted by Crippen LogP contribution is 2.45. The summed E-state index contributed by atoms with van der Waals surface area (Å²) in [6.07, 6.45) is 6.27. The Hall–Kier alpha value is -3.59. The standard InChI is InChI=1S/C29H32N4O5/c1-17(20-10-24(18-2-3-18)27(30-12-20)37-23-6-8-36-9-7-23)32-13-21-15-33(16-22(21)14-32)28(34)19-4-5-25-26(11-19)38-29(35)31-25/h4-5,10-12,18,21-23H,1-3,6-9,13-16H2,(H,31,35)/t21-,22-/m1/s1. The van der Waals surface area contributed by atoms with Crippen molar-refractivity contribution in [1.82, 2.24) is 19.8 Å². The molecule has 0 spiro atoms. The first-order valence-corrected chi connectivity index (χ1v) is 13.6. The lowest BCUT2D eigenvalue weighted by Crippen LogP contribution is -2.32. The summed E-state index contributed by atoms with van der Waals surface area (Å²) in [6.45, 7) is 9.11. The molecule has 9 heteroatoms. The number of hydrogen-bond donors (Lipinski definition) is 1. The number of ether oxygens (including phenoxy) is 2. The average molecular weight is 517 g/mol. The lowest BCUT2D eigenvalue weighted by Gasteiger charge is -2.26.